The second-order valence-electron chi connectivity index (χ2n) is 10.5. The smallest absolute Gasteiger partial charge is 0.338 e. The van der Waals surface area contributed by atoms with Crippen molar-refractivity contribution in [2.45, 2.75) is 83.1 Å². The van der Waals surface area contributed by atoms with E-state index in [1.807, 2.05) is 41.3 Å². The lowest BCUT2D eigenvalue weighted by atomic mass is 9.95. The number of nitrogens with two attached hydrogens (primary N) is 1. The Hall–Kier alpha value is -3.39. The number of hydrogen-bond donors (Lipinski definition) is 2. The number of fused-ring (bicyclic) bond motifs is 1. The molecule has 2 aromatic rings. The maximum Gasteiger partial charge on any atom is 0.338 e. The van der Waals surface area contributed by atoms with E-state index in [9.17, 15) is 9.59 Å². The Bertz CT molecular complexity index is 1100. The monoisotopic (exact) mass is 534 g/mol. The highest BCUT2D eigenvalue weighted by Gasteiger charge is 2.24. The van der Waals surface area contributed by atoms with Crippen LogP contribution in [0.3, 0.4) is 0 Å². The quantitative estimate of drug-likeness (QED) is 0.0860. The molecule has 210 valence electrons. The highest BCUT2D eigenvalue weighted by atomic mass is 16.5. The lowest BCUT2D eigenvalue weighted by Crippen LogP contribution is -2.46. The highest BCUT2D eigenvalue weighted by molar-refractivity contribution is 5.96. The molecule has 0 aromatic heterocycles. The van der Waals surface area contributed by atoms with Crippen molar-refractivity contribution in [2.75, 3.05) is 24.7 Å². The first-order chi connectivity index (χ1) is 19.0. The molecule has 2 aliphatic rings. The van der Waals surface area contributed by atoms with Gasteiger partial charge in [-0.3, -0.25) is 15.2 Å². The van der Waals surface area contributed by atoms with Gasteiger partial charge in [0.1, 0.15) is 11.6 Å². The van der Waals surface area contributed by atoms with Crippen LogP contribution in [-0.2, 0) is 16.0 Å². The van der Waals surface area contributed by atoms with Gasteiger partial charge in [0.15, 0.2) is 0 Å². The second-order valence-corrected chi connectivity index (χ2v) is 10.5. The van der Waals surface area contributed by atoms with Crippen molar-refractivity contribution in [3.8, 4) is 5.75 Å². The van der Waals surface area contributed by atoms with Crippen LogP contribution >= 0.6 is 0 Å². The number of benzene rings is 2. The van der Waals surface area contributed by atoms with Crippen LogP contribution in [0.15, 0.2) is 48.5 Å². The summed E-state index contributed by atoms with van der Waals surface area (Å²) in [6, 6.07) is 15.2. The SMILES string of the molecule is N=C(CCCCOc1ccc2c(c1)CCC(=O)N2CCCCOC(=O)c1ccccc1)N(N)C1CCCCC1. The minimum atomic E-state index is -0.318. The van der Waals surface area contributed by atoms with E-state index in [1.165, 1.54) is 19.3 Å². The molecular weight excluding hydrogens is 492 g/mol. The van der Waals surface area contributed by atoms with Gasteiger partial charge in [0.2, 0.25) is 5.91 Å². The number of carbonyl (C=O) groups is 2. The van der Waals surface area contributed by atoms with Gasteiger partial charge in [-0.2, -0.15) is 0 Å². The van der Waals surface area contributed by atoms with Crippen molar-refractivity contribution >= 4 is 23.4 Å². The predicted octanol–water partition coefficient (Wildman–Crippen LogP) is 5.64. The van der Waals surface area contributed by atoms with Gasteiger partial charge in [0.25, 0.3) is 0 Å². The molecule has 1 aliphatic carbocycles. The van der Waals surface area contributed by atoms with Crippen molar-refractivity contribution in [2.24, 2.45) is 5.84 Å². The maximum absolute atomic E-state index is 12.6. The summed E-state index contributed by atoms with van der Waals surface area (Å²) in [5.41, 5.74) is 2.61. The van der Waals surface area contributed by atoms with E-state index in [2.05, 4.69) is 0 Å². The molecular formula is C31H42N4O4. The predicted molar refractivity (Wildman–Crippen MR) is 153 cm³/mol. The number of aryl methyl sites for hydroxylation is 1. The number of unbranched alkanes of at least 4 members (excludes halogenated alkanes) is 2. The number of rotatable bonds is 13. The van der Waals surface area contributed by atoms with E-state index in [0.29, 0.717) is 62.9 Å². The molecule has 1 amide bonds. The molecule has 0 spiro atoms. The van der Waals surface area contributed by atoms with Gasteiger partial charge in [0.05, 0.1) is 18.8 Å². The largest absolute Gasteiger partial charge is 0.494 e. The Kier molecular flexibility index (Phi) is 10.8. The Morgan fingerprint density at radius 1 is 0.974 bits per heavy atom. The van der Waals surface area contributed by atoms with Crippen LogP contribution < -0.4 is 15.5 Å². The third kappa shape index (κ3) is 8.30. The zero-order chi connectivity index (χ0) is 27.5. The molecule has 0 unspecified atom stereocenters. The number of nitrogens with zero attached hydrogens (tertiary/aromatic N) is 2. The number of hydrogen-bond acceptors (Lipinski definition) is 6. The summed E-state index contributed by atoms with van der Waals surface area (Å²) in [5.74, 6) is 7.34. The maximum atomic E-state index is 12.6. The standard InChI is InChI=1S/C31H42N4O4/c32-29(35(33)26-13-5-2-6-14-26)15-7-9-21-38-27-17-18-28-25(23-27)16-19-30(36)34(28)20-8-10-22-39-31(37)24-11-3-1-4-12-24/h1,3-4,11-12,17-18,23,26,32H,2,5-10,13-16,19-22,33H2. The Morgan fingerprint density at radius 2 is 1.74 bits per heavy atom. The zero-order valence-corrected chi connectivity index (χ0v) is 22.9. The fourth-order valence-corrected chi connectivity index (χ4v) is 5.36. The first kappa shape index (κ1) is 28.6. The molecule has 8 heteroatoms. The van der Waals surface area contributed by atoms with E-state index in [-0.39, 0.29) is 11.9 Å². The molecule has 3 N–H and O–H groups in total. The number of amides is 1. The van der Waals surface area contributed by atoms with Crippen molar-refractivity contribution in [3.63, 3.8) is 0 Å². The third-order valence-corrected chi connectivity index (χ3v) is 7.63. The molecule has 2 aromatic carbocycles. The summed E-state index contributed by atoms with van der Waals surface area (Å²) >= 11 is 0. The summed E-state index contributed by atoms with van der Waals surface area (Å²) in [6.45, 7) is 1.52. The summed E-state index contributed by atoms with van der Waals surface area (Å²) in [6.07, 6.45) is 10.9. The molecule has 0 saturated heterocycles. The first-order valence-electron chi connectivity index (χ1n) is 14.4. The molecule has 4 rings (SSSR count). The summed E-state index contributed by atoms with van der Waals surface area (Å²) in [7, 11) is 0. The summed E-state index contributed by atoms with van der Waals surface area (Å²) < 4.78 is 11.4. The molecule has 0 bridgehead atoms. The molecule has 0 radical (unpaired) electrons. The van der Waals surface area contributed by atoms with Crippen molar-refractivity contribution in [1.82, 2.24) is 5.01 Å². The molecule has 1 saturated carbocycles. The van der Waals surface area contributed by atoms with Crippen LogP contribution in [-0.4, -0.2) is 48.5 Å². The normalized spacial score (nSPS) is 15.5. The minimum absolute atomic E-state index is 0.127. The van der Waals surface area contributed by atoms with Crippen LogP contribution in [0.2, 0.25) is 0 Å². The third-order valence-electron chi connectivity index (χ3n) is 7.63. The number of ether oxygens (including phenoxy) is 2. The number of nitrogens with one attached hydrogen (secondary N) is 1. The van der Waals surface area contributed by atoms with Crippen LogP contribution in [0.25, 0.3) is 0 Å². The molecule has 1 aliphatic heterocycles. The fraction of sp³-hybridized carbons (Fsp3) is 0.516. The van der Waals surface area contributed by atoms with Crippen LogP contribution in [0.5, 0.6) is 5.75 Å². The molecule has 0 atom stereocenters. The first-order valence-corrected chi connectivity index (χ1v) is 14.4. The summed E-state index contributed by atoms with van der Waals surface area (Å²) in [5, 5.41) is 9.99. The van der Waals surface area contributed by atoms with Gasteiger partial charge in [-0.1, -0.05) is 37.5 Å². The van der Waals surface area contributed by atoms with Crippen molar-refractivity contribution in [1.29, 1.82) is 5.41 Å². The summed E-state index contributed by atoms with van der Waals surface area (Å²) in [4.78, 5) is 26.5. The van der Waals surface area contributed by atoms with Gasteiger partial charge in [-0.25, -0.2) is 10.6 Å². The van der Waals surface area contributed by atoms with Crippen LogP contribution in [0, 0.1) is 5.41 Å². The van der Waals surface area contributed by atoms with Crippen molar-refractivity contribution < 1.29 is 19.1 Å². The molecule has 1 fully saturated rings. The lowest BCUT2D eigenvalue weighted by Gasteiger charge is -2.32. The second kappa shape index (κ2) is 14.7. The number of hydrazine groups is 1. The van der Waals surface area contributed by atoms with E-state index in [4.69, 9.17) is 20.7 Å². The topological polar surface area (TPSA) is 109 Å². The van der Waals surface area contributed by atoms with Gasteiger partial charge < -0.3 is 14.4 Å². The Morgan fingerprint density at radius 3 is 2.54 bits per heavy atom. The number of amidine groups is 1. The molecule has 39 heavy (non-hydrogen) atoms. The minimum Gasteiger partial charge on any atom is -0.494 e. The molecule has 8 nitrogen and oxygen atoms in total. The lowest BCUT2D eigenvalue weighted by molar-refractivity contribution is -0.118. The number of carbonyl (C=O) groups excluding carboxylic acids is 2. The number of esters is 1. The fourth-order valence-electron chi connectivity index (χ4n) is 5.36. The van der Waals surface area contributed by atoms with Crippen LogP contribution in [0.1, 0.15) is 86.6 Å². The van der Waals surface area contributed by atoms with E-state index in [0.717, 1.165) is 49.1 Å². The van der Waals surface area contributed by atoms with Crippen LogP contribution in [0.4, 0.5) is 5.69 Å². The van der Waals surface area contributed by atoms with Gasteiger partial charge in [0, 0.05) is 31.1 Å². The highest BCUT2D eigenvalue weighted by Crippen LogP contribution is 2.31. The average Bonchev–Trinajstić information content (AvgIpc) is 2.98. The Labute approximate surface area is 231 Å². The average molecular weight is 535 g/mol. The number of anilines is 1. The Balaban J connectivity index is 1.16. The van der Waals surface area contributed by atoms with Gasteiger partial charge in [-0.15, -0.1) is 0 Å². The van der Waals surface area contributed by atoms with E-state index >= 15 is 0 Å². The van der Waals surface area contributed by atoms with Crippen molar-refractivity contribution in [3.05, 3.63) is 59.7 Å². The van der Waals surface area contributed by atoms with E-state index in [1.54, 1.807) is 17.1 Å². The van der Waals surface area contributed by atoms with Gasteiger partial charge >= 0.3 is 5.97 Å². The molecule has 1 heterocycles. The zero-order valence-electron chi connectivity index (χ0n) is 22.9. The van der Waals surface area contributed by atoms with E-state index < -0.39 is 0 Å². The van der Waals surface area contributed by atoms with Gasteiger partial charge in [-0.05, 0) is 80.8 Å².